The van der Waals surface area contributed by atoms with E-state index in [1.807, 2.05) is 21.6 Å². The molecule has 1 aliphatic rings. The zero-order valence-electron chi connectivity index (χ0n) is 13.7. The van der Waals surface area contributed by atoms with Crippen molar-refractivity contribution < 1.29 is 9.53 Å². The second-order valence-corrected chi connectivity index (χ2v) is 6.51. The zero-order valence-corrected chi connectivity index (χ0v) is 14.5. The lowest BCUT2D eigenvalue weighted by atomic mass is 10.2. The van der Waals surface area contributed by atoms with Crippen LogP contribution in [0.1, 0.15) is 12.8 Å². The average Bonchev–Trinajstić information content (AvgIpc) is 3.28. The Morgan fingerprint density at radius 2 is 2.00 bits per heavy atom. The minimum Gasteiger partial charge on any atom is -0.383 e. The predicted molar refractivity (Wildman–Crippen MR) is 91.7 cm³/mol. The molecule has 0 bridgehead atoms. The number of amides is 1. The van der Waals surface area contributed by atoms with Gasteiger partial charge in [-0.05, 0) is 25.0 Å². The highest BCUT2D eigenvalue weighted by Crippen LogP contribution is 2.24. The number of hydrogen-bond acceptors (Lipinski definition) is 6. The molecule has 0 atom stereocenters. The van der Waals surface area contributed by atoms with Crippen LogP contribution in [0.15, 0.2) is 29.7 Å². The SMILES string of the molecule is COCCn1c(SCC(=O)N2CCCC2)nnc1-c1ccncc1. The Morgan fingerprint density at radius 1 is 1.25 bits per heavy atom. The van der Waals surface area contributed by atoms with Gasteiger partial charge in [-0.1, -0.05) is 11.8 Å². The van der Waals surface area contributed by atoms with E-state index in [0.29, 0.717) is 18.9 Å². The Labute approximate surface area is 145 Å². The number of pyridine rings is 1. The molecule has 1 amide bonds. The molecule has 2 aromatic rings. The number of nitrogens with zero attached hydrogens (tertiary/aromatic N) is 5. The van der Waals surface area contributed by atoms with Crippen LogP contribution in [0.4, 0.5) is 0 Å². The number of thioether (sulfide) groups is 1. The number of carbonyl (C=O) groups is 1. The number of ether oxygens (including phenoxy) is 1. The third-order valence-electron chi connectivity index (χ3n) is 3.96. The Morgan fingerprint density at radius 3 is 2.71 bits per heavy atom. The largest absolute Gasteiger partial charge is 0.383 e. The Bertz CT molecular complexity index is 670. The van der Waals surface area contributed by atoms with Crippen LogP contribution in [0.5, 0.6) is 0 Å². The molecule has 0 saturated carbocycles. The van der Waals surface area contributed by atoms with E-state index in [2.05, 4.69) is 15.2 Å². The summed E-state index contributed by atoms with van der Waals surface area (Å²) in [6, 6.07) is 3.80. The smallest absolute Gasteiger partial charge is 0.233 e. The molecule has 3 heterocycles. The van der Waals surface area contributed by atoms with Gasteiger partial charge in [0.1, 0.15) is 0 Å². The molecule has 128 valence electrons. The lowest BCUT2D eigenvalue weighted by Gasteiger charge is -2.15. The maximum atomic E-state index is 12.2. The van der Waals surface area contributed by atoms with Gasteiger partial charge >= 0.3 is 0 Å². The van der Waals surface area contributed by atoms with Crippen molar-refractivity contribution in [3.63, 3.8) is 0 Å². The van der Waals surface area contributed by atoms with Crippen LogP contribution in [0.25, 0.3) is 11.4 Å². The first kappa shape index (κ1) is 16.9. The molecule has 0 unspecified atom stereocenters. The second-order valence-electron chi connectivity index (χ2n) is 5.56. The van der Waals surface area contributed by atoms with Gasteiger partial charge in [-0.3, -0.25) is 14.3 Å². The van der Waals surface area contributed by atoms with Gasteiger partial charge in [0, 0.05) is 38.2 Å². The van der Waals surface area contributed by atoms with Crippen molar-refractivity contribution >= 4 is 17.7 Å². The average molecular weight is 347 g/mol. The fourth-order valence-corrected chi connectivity index (χ4v) is 3.55. The van der Waals surface area contributed by atoms with E-state index in [4.69, 9.17) is 4.74 Å². The highest BCUT2D eigenvalue weighted by atomic mass is 32.2. The molecule has 1 fully saturated rings. The highest BCUT2D eigenvalue weighted by Gasteiger charge is 2.20. The molecule has 0 aromatic carbocycles. The molecule has 0 radical (unpaired) electrons. The first-order chi connectivity index (χ1) is 11.8. The Kier molecular flexibility index (Phi) is 5.81. The van der Waals surface area contributed by atoms with Gasteiger partial charge in [0.2, 0.25) is 5.91 Å². The van der Waals surface area contributed by atoms with Crippen molar-refractivity contribution in [2.75, 3.05) is 32.6 Å². The maximum absolute atomic E-state index is 12.2. The summed E-state index contributed by atoms with van der Waals surface area (Å²) in [5.74, 6) is 1.33. The highest BCUT2D eigenvalue weighted by molar-refractivity contribution is 7.99. The topological polar surface area (TPSA) is 73.1 Å². The number of rotatable bonds is 7. The number of aromatic nitrogens is 4. The van der Waals surface area contributed by atoms with Gasteiger partial charge in [0.25, 0.3) is 0 Å². The normalized spacial score (nSPS) is 14.3. The summed E-state index contributed by atoms with van der Waals surface area (Å²) in [5.41, 5.74) is 0.950. The third kappa shape index (κ3) is 3.93. The van der Waals surface area contributed by atoms with E-state index in [0.717, 1.165) is 42.5 Å². The van der Waals surface area contributed by atoms with Crippen molar-refractivity contribution in [3.05, 3.63) is 24.5 Å². The fourth-order valence-electron chi connectivity index (χ4n) is 2.68. The lowest BCUT2D eigenvalue weighted by Crippen LogP contribution is -2.29. The molecule has 1 saturated heterocycles. The Balaban J connectivity index is 1.74. The Hall–Kier alpha value is -1.93. The summed E-state index contributed by atoms with van der Waals surface area (Å²) in [7, 11) is 1.67. The first-order valence-electron chi connectivity index (χ1n) is 8.02. The van der Waals surface area contributed by atoms with E-state index in [1.54, 1.807) is 19.5 Å². The monoisotopic (exact) mass is 347 g/mol. The van der Waals surface area contributed by atoms with Gasteiger partial charge in [0.05, 0.1) is 18.9 Å². The molecule has 3 rings (SSSR count). The number of hydrogen-bond donors (Lipinski definition) is 0. The standard InChI is InChI=1S/C16H21N5O2S/c1-23-11-10-21-15(13-4-6-17-7-5-13)18-19-16(21)24-12-14(22)20-8-2-3-9-20/h4-7H,2-3,8-12H2,1H3. The van der Waals surface area contributed by atoms with E-state index in [-0.39, 0.29) is 5.91 Å². The maximum Gasteiger partial charge on any atom is 0.233 e. The van der Waals surface area contributed by atoms with Crippen LogP contribution in [0.2, 0.25) is 0 Å². The van der Waals surface area contributed by atoms with E-state index < -0.39 is 0 Å². The molecular formula is C16H21N5O2S. The van der Waals surface area contributed by atoms with Crippen molar-refractivity contribution in [1.82, 2.24) is 24.6 Å². The summed E-state index contributed by atoms with van der Waals surface area (Å²) < 4.78 is 7.20. The van der Waals surface area contributed by atoms with Gasteiger partial charge in [-0.2, -0.15) is 0 Å². The van der Waals surface area contributed by atoms with E-state index >= 15 is 0 Å². The second kappa shape index (κ2) is 8.25. The fraction of sp³-hybridized carbons (Fsp3) is 0.500. The van der Waals surface area contributed by atoms with Crippen molar-refractivity contribution in [1.29, 1.82) is 0 Å². The molecule has 24 heavy (non-hydrogen) atoms. The quantitative estimate of drug-likeness (QED) is 0.710. The summed E-state index contributed by atoms with van der Waals surface area (Å²) in [6.07, 6.45) is 5.67. The van der Waals surface area contributed by atoms with Crippen molar-refractivity contribution in [2.45, 2.75) is 24.5 Å². The molecule has 0 aliphatic carbocycles. The molecule has 1 aliphatic heterocycles. The molecule has 0 spiro atoms. The molecular weight excluding hydrogens is 326 g/mol. The summed E-state index contributed by atoms with van der Waals surface area (Å²) in [4.78, 5) is 18.2. The van der Waals surface area contributed by atoms with Crippen LogP contribution in [-0.4, -0.2) is 63.1 Å². The van der Waals surface area contributed by atoms with Crippen LogP contribution in [-0.2, 0) is 16.1 Å². The van der Waals surface area contributed by atoms with Gasteiger partial charge in [-0.15, -0.1) is 10.2 Å². The zero-order chi connectivity index (χ0) is 16.8. The van der Waals surface area contributed by atoms with Crippen molar-refractivity contribution in [3.8, 4) is 11.4 Å². The first-order valence-corrected chi connectivity index (χ1v) is 9.01. The van der Waals surface area contributed by atoms with Crippen LogP contribution < -0.4 is 0 Å². The van der Waals surface area contributed by atoms with Crippen molar-refractivity contribution in [2.24, 2.45) is 0 Å². The minimum atomic E-state index is 0.171. The minimum absolute atomic E-state index is 0.171. The number of likely N-dealkylation sites (tertiary alicyclic amines) is 1. The molecule has 8 heteroatoms. The van der Waals surface area contributed by atoms with E-state index in [9.17, 15) is 4.79 Å². The van der Waals surface area contributed by atoms with Crippen LogP contribution in [0.3, 0.4) is 0 Å². The summed E-state index contributed by atoms with van der Waals surface area (Å²) in [6.45, 7) is 2.95. The molecule has 7 nitrogen and oxygen atoms in total. The van der Waals surface area contributed by atoms with E-state index in [1.165, 1.54) is 11.8 Å². The van der Waals surface area contributed by atoms with Crippen LogP contribution in [0, 0.1) is 0 Å². The van der Waals surface area contributed by atoms with Gasteiger partial charge in [-0.25, -0.2) is 0 Å². The summed E-state index contributed by atoms with van der Waals surface area (Å²) in [5, 5.41) is 9.31. The predicted octanol–water partition coefficient (Wildman–Crippen LogP) is 1.70. The molecule has 2 aromatic heterocycles. The summed E-state index contributed by atoms with van der Waals surface area (Å²) >= 11 is 1.43. The van der Waals surface area contributed by atoms with Crippen LogP contribution >= 0.6 is 11.8 Å². The number of carbonyl (C=O) groups excluding carboxylic acids is 1. The number of methoxy groups -OCH3 is 1. The third-order valence-corrected chi connectivity index (χ3v) is 4.91. The lowest BCUT2D eigenvalue weighted by molar-refractivity contribution is -0.127. The van der Waals surface area contributed by atoms with Gasteiger partial charge < -0.3 is 9.64 Å². The molecule has 0 N–H and O–H groups in total. The van der Waals surface area contributed by atoms with Gasteiger partial charge in [0.15, 0.2) is 11.0 Å².